The fourth-order valence-corrected chi connectivity index (χ4v) is 4.57. The van der Waals surface area contributed by atoms with Gasteiger partial charge in [-0.2, -0.15) is 17.0 Å². The van der Waals surface area contributed by atoms with E-state index < -0.39 is 10.2 Å². The van der Waals surface area contributed by atoms with E-state index in [0.29, 0.717) is 25.6 Å². The molecule has 0 saturated carbocycles. The summed E-state index contributed by atoms with van der Waals surface area (Å²) in [7, 11) is -3.23. The molecule has 0 aromatic rings. The second kappa shape index (κ2) is 5.22. The molecule has 0 bridgehead atoms. The first-order valence-electron chi connectivity index (χ1n) is 6.49. The smallest absolute Gasteiger partial charge is 0.282 e. The van der Waals surface area contributed by atoms with Gasteiger partial charge in [0.1, 0.15) is 0 Å². The van der Waals surface area contributed by atoms with Crippen molar-refractivity contribution in [2.24, 2.45) is 5.92 Å². The van der Waals surface area contributed by atoms with Gasteiger partial charge in [-0.3, -0.25) is 0 Å². The number of piperidine rings is 1. The Kier molecular flexibility index (Phi) is 4.07. The molecule has 6 heteroatoms. The summed E-state index contributed by atoms with van der Waals surface area (Å²) >= 11 is 0. The average Bonchev–Trinajstić information content (AvgIpc) is 2.29. The molecular formula is C11H23N3O2S. The molecule has 0 amide bonds. The first kappa shape index (κ1) is 13.3. The van der Waals surface area contributed by atoms with Crippen molar-refractivity contribution < 1.29 is 8.42 Å². The predicted molar refractivity (Wildman–Crippen MR) is 67.9 cm³/mol. The Morgan fingerprint density at radius 2 is 1.76 bits per heavy atom. The number of hydrogen-bond acceptors (Lipinski definition) is 3. The van der Waals surface area contributed by atoms with Crippen molar-refractivity contribution in [1.82, 2.24) is 13.9 Å². The fourth-order valence-electron chi connectivity index (χ4n) is 2.75. The summed E-state index contributed by atoms with van der Waals surface area (Å²) in [6, 6.07) is 0.138. The van der Waals surface area contributed by atoms with Crippen LogP contribution < -0.4 is 5.32 Å². The maximum absolute atomic E-state index is 12.5. The van der Waals surface area contributed by atoms with Gasteiger partial charge >= 0.3 is 0 Å². The fraction of sp³-hybridized carbons (Fsp3) is 1.00. The van der Waals surface area contributed by atoms with E-state index in [-0.39, 0.29) is 6.04 Å². The van der Waals surface area contributed by atoms with Crippen LogP contribution in [0.3, 0.4) is 0 Å². The first-order valence-corrected chi connectivity index (χ1v) is 7.89. The van der Waals surface area contributed by atoms with E-state index in [1.165, 1.54) is 0 Å². The van der Waals surface area contributed by atoms with Gasteiger partial charge in [-0.1, -0.05) is 6.92 Å². The van der Waals surface area contributed by atoms with Gasteiger partial charge < -0.3 is 5.32 Å². The number of rotatable bonds is 2. The van der Waals surface area contributed by atoms with Crippen molar-refractivity contribution in [3.63, 3.8) is 0 Å². The van der Waals surface area contributed by atoms with Gasteiger partial charge in [0.2, 0.25) is 0 Å². The van der Waals surface area contributed by atoms with Gasteiger partial charge in [0.05, 0.1) is 0 Å². The van der Waals surface area contributed by atoms with Gasteiger partial charge in [0, 0.05) is 38.8 Å². The van der Waals surface area contributed by atoms with Crippen LogP contribution >= 0.6 is 0 Å². The zero-order valence-electron chi connectivity index (χ0n) is 10.7. The first-order chi connectivity index (χ1) is 8.01. The van der Waals surface area contributed by atoms with E-state index in [4.69, 9.17) is 0 Å². The molecule has 2 saturated heterocycles. The summed E-state index contributed by atoms with van der Waals surface area (Å²) in [6.45, 7) is 7.62. The van der Waals surface area contributed by atoms with E-state index in [1.807, 2.05) is 6.92 Å². The molecule has 2 heterocycles. The van der Waals surface area contributed by atoms with Crippen molar-refractivity contribution in [2.45, 2.75) is 32.7 Å². The minimum atomic E-state index is -3.23. The van der Waals surface area contributed by atoms with Crippen LogP contribution in [0.25, 0.3) is 0 Å². The molecule has 2 aliphatic rings. The topological polar surface area (TPSA) is 52.7 Å². The van der Waals surface area contributed by atoms with Crippen LogP contribution in [0.4, 0.5) is 0 Å². The number of nitrogens with one attached hydrogen (secondary N) is 1. The quantitative estimate of drug-likeness (QED) is 0.775. The third kappa shape index (κ3) is 2.81. The van der Waals surface area contributed by atoms with Crippen molar-refractivity contribution in [2.75, 3.05) is 32.7 Å². The number of piperazine rings is 1. The van der Waals surface area contributed by atoms with Crippen molar-refractivity contribution in [3.8, 4) is 0 Å². The highest BCUT2D eigenvalue weighted by atomic mass is 32.2. The molecule has 0 aromatic heterocycles. The summed E-state index contributed by atoms with van der Waals surface area (Å²) in [6.07, 6.45) is 1.96. The van der Waals surface area contributed by atoms with E-state index >= 15 is 0 Å². The van der Waals surface area contributed by atoms with E-state index in [0.717, 1.165) is 25.9 Å². The third-order valence-corrected chi connectivity index (χ3v) is 5.93. The van der Waals surface area contributed by atoms with E-state index in [1.54, 1.807) is 8.61 Å². The number of hydrogen-bond donors (Lipinski definition) is 1. The second-order valence-electron chi connectivity index (χ2n) is 5.25. The normalized spacial score (nSPS) is 33.8. The maximum Gasteiger partial charge on any atom is 0.282 e. The molecule has 2 aliphatic heterocycles. The molecule has 2 unspecified atom stereocenters. The molecule has 1 N–H and O–H groups in total. The van der Waals surface area contributed by atoms with E-state index in [9.17, 15) is 8.42 Å². The second-order valence-corrected chi connectivity index (χ2v) is 7.13. The Labute approximate surface area is 104 Å². The lowest BCUT2D eigenvalue weighted by molar-refractivity contribution is 0.201. The Balaban J connectivity index is 2.08. The van der Waals surface area contributed by atoms with Crippen molar-refractivity contribution in [1.29, 1.82) is 0 Å². The number of nitrogens with zero attached hydrogens (tertiary/aromatic N) is 2. The monoisotopic (exact) mass is 261 g/mol. The third-order valence-electron chi connectivity index (χ3n) is 3.78. The minimum absolute atomic E-state index is 0.138. The largest absolute Gasteiger partial charge is 0.314 e. The molecule has 2 rings (SSSR count). The molecule has 0 aliphatic carbocycles. The molecular weight excluding hydrogens is 238 g/mol. The molecule has 2 atom stereocenters. The Hall–Kier alpha value is -0.170. The summed E-state index contributed by atoms with van der Waals surface area (Å²) in [5.41, 5.74) is 0. The minimum Gasteiger partial charge on any atom is -0.314 e. The van der Waals surface area contributed by atoms with Gasteiger partial charge in [-0.15, -0.1) is 0 Å². The maximum atomic E-state index is 12.5. The Bertz CT molecular complexity index is 352. The Morgan fingerprint density at radius 3 is 2.35 bits per heavy atom. The van der Waals surface area contributed by atoms with Crippen LogP contribution in [0.5, 0.6) is 0 Å². The molecule has 5 nitrogen and oxygen atoms in total. The molecule has 0 aromatic carbocycles. The van der Waals surface area contributed by atoms with Gasteiger partial charge in [-0.05, 0) is 25.7 Å². The lowest BCUT2D eigenvalue weighted by Gasteiger charge is -2.39. The summed E-state index contributed by atoms with van der Waals surface area (Å²) in [5, 5.41) is 3.18. The van der Waals surface area contributed by atoms with Crippen LogP contribution in [0.2, 0.25) is 0 Å². The van der Waals surface area contributed by atoms with Gasteiger partial charge in [-0.25, -0.2) is 0 Å². The molecule has 100 valence electrons. The standard InChI is InChI=1S/C11H23N3O2S/c1-10-3-6-14(11(2)9-10)17(15,16)13-7-4-12-5-8-13/h10-12H,3-9H2,1-2H3. The summed E-state index contributed by atoms with van der Waals surface area (Å²) in [4.78, 5) is 0. The zero-order chi connectivity index (χ0) is 12.5. The SMILES string of the molecule is CC1CCN(S(=O)(=O)N2CCNCC2)C(C)C1. The van der Waals surface area contributed by atoms with Crippen LogP contribution in [-0.4, -0.2) is 55.8 Å². The summed E-state index contributed by atoms with van der Waals surface area (Å²) < 4.78 is 28.3. The molecule has 17 heavy (non-hydrogen) atoms. The zero-order valence-corrected chi connectivity index (χ0v) is 11.5. The lowest BCUT2D eigenvalue weighted by Crippen LogP contribution is -2.55. The highest BCUT2D eigenvalue weighted by molar-refractivity contribution is 7.86. The summed E-state index contributed by atoms with van der Waals surface area (Å²) in [5.74, 6) is 0.638. The highest BCUT2D eigenvalue weighted by Crippen LogP contribution is 2.26. The highest BCUT2D eigenvalue weighted by Gasteiger charge is 2.36. The molecule has 0 radical (unpaired) electrons. The average molecular weight is 261 g/mol. The molecule has 2 fully saturated rings. The Morgan fingerprint density at radius 1 is 1.12 bits per heavy atom. The van der Waals surface area contributed by atoms with Crippen LogP contribution in [0.1, 0.15) is 26.7 Å². The lowest BCUT2D eigenvalue weighted by atomic mass is 9.95. The van der Waals surface area contributed by atoms with Crippen molar-refractivity contribution >= 4 is 10.2 Å². The van der Waals surface area contributed by atoms with Gasteiger partial charge in [0.25, 0.3) is 10.2 Å². The van der Waals surface area contributed by atoms with E-state index in [2.05, 4.69) is 12.2 Å². The van der Waals surface area contributed by atoms with Crippen LogP contribution in [0, 0.1) is 5.92 Å². The van der Waals surface area contributed by atoms with Crippen LogP contribution in [0.15, 0.2) is 0 Å². The van der Waals surface area contributed by atoms with Crippen LogP contribution in [-0.2, 0) is 10.2 Å². The van der Waals surface area contributed by atoms with Gasteiger partial charge in [0.15, 0.2) is 0 Å². The van der Waals surface area contributed by atoms with Crippen molar-refractivity contribution in [3.05, 3.63) is 0 Å². The predicted octanol–water partition coefficient (Wildman–Crippen LogP) is 0.257. The molecule has 0 spiro atoms.